The van der Waals surface area contributed by atoms with Gasteiger partial charge in [-0.3, -0.25) is 0 Å². The van der Waals surface area contributed by atoms with Crippen LogP contribution in [-0.2, 0) is 6.54 Å². The van der Waals surface area contributed by atoms with Crippen molar-refractivity contribution in [2.45, 2.75) is 33.2 Å². The number of halogens is 1. The number of thioether (sulfide) groups is 1. The molecule has 0 heterocycles. The number of aromatic hydroxyl groups is 1. The maximum atomic E-state index is 9.73. The van der Waals surface area contributed by atoms with Gasteiger partial charge in [-0.25, -0.2) is 4.99 Å². The highest BCUT2D eigenvalue weighted by atomic mass is 127. The Bertz CT molecular complexity index is 487. The van der Waals surface area contributed by atoms with Crippen LogP contribution in [0.4, 0.5) is 0 Å². The average molecular weight is 467 g/mol. The Morgan fingerprint density at radius 2 is 2.04 bits per heavy atom. The van der Waals surface area contributed by atoms with Crippen molar-refractivity contribution in [2.75, 3.05) is 31.7 Å². The second-order valence-corrected chi connectivity index (χ2v) is 6.04. The van der Waals surface area contributed by atoms with Crippen molar-refractivity contribution in [1.82, 2.24) is 10.6 Å². The van der Waals surface area contributed by atoms with Gasteiger partial charge in [0.25, 0.3) is 0 Å². The molecular weight excluding hydrogens is 437 g/mol. The third-order valence-electron chi connectivity index (χ3n) is 3.16. The molecule has 7 heteroatoms. The first kappa shape index (κ1) is 23.2. The normalized spacial score (nSPS) is 10.9. The predicted octanol–water partition coefficient (Wildman–Crippen LogP) is 3.61. The van der Waals surface area contributed by atoms with Crippen LogP contribution in [0.3, 0.4) is 0 Å². The molecule has 1 aromatic rings. The van der Waals surface area contributed by atoms with Crippen LogP contribution in [0.25, 0.3) is 0 Å². The number of ether oxygens (including phenoxy) is 1. The molecule has 0 aliphatic heterocycles. The number of rotatable bonds is 10. The zero-order valence-electron chi connectivity index (χ0n) is 14.8. The standard InChI is InChI=1S/C17H29N3O2S.HI/c1-4-18-17(19-10-6-7-11-23-3)20-13-14-8-9-15(21)16(12-14)22-5-2;/h8-9,12,21H,4-7,10-11,13H2,1-3H3,(H2,18,19,20);1H. The Labute approximate surface area is 167 Å². The van der Waals surface area contributed by atoms with E-state index < -0.39 is 0 Å². The first-order valence-electron chi connectivity index (χ1n) is 8.17. The van der Waals surface area contributed by atoms with E-state index >= 15 is 0 Å². The van der Waals surface area contributed by atoms with Crippen LogP contribution < -0.4 is 15.4 Å². The Morgan fingerprint density at radius 3 is 2.71 bits per heavy atom. The number of phenols is 1. The highest BCUT2D eigenvalue weighted by molar-refractivity contribution is 14.0. The lowest BCUT2D eigenvalue weighted by Crippen LogP contribution is -2.37. The molecule has 0 aromatic heterocycles. The number of unbranched alkanes of at least 4 members (excludes halogenated alkanes) is 1. The van der Waals surface area contributed by atoms with E-state index in [9.17, 15) is 5.11 Å². The Kier molecular flexibility index (Phi) is 14.0. The van der Waals surface area contributed by atoms with Crippen molar-refractivity contribution in [3.63, 3.8) is 0 Å². The highest BCUT2D eigenvalue weighted by Gasteiger charge is 2.04. The number of benzene rings is 1. The molecule has 0 aliphatic carbocycles. The maximum absolute atomic E-state index is 9.73. The quantitative estimate of drug-likeness (QED) is 0.212. The van der Waals surface area contributed by atoms with Crippen molar-refractivity contribution in [1.29, 1.82) is 0 Å². The van der Waals surface area contributed by atoms with Gasteiger partial charge in [0.05, 0.1) is 13.2 Å². The van der Waals surface area contributed by atoms with Crippen molar-refractivity contribution in [2.24, 2.45) is 4.99 Å². The average Bonchev–Trinajstić information content (AvgIpc) is 2.55. The van der Waals surface area contributed by atoms with Crippen LogP contribution in [0.2, 0.25) is 0 Å². The summed E-state index contributed by atoms with van der Waals surface area (Å²) >= 11 is 1.88. The van der Waals surface area contributed by atoms with Gasteiger partial charge in [0, 0.05) is 13.1 Å². The highest BCUT2D eigenvalue weighted by Crippen LogP contribution is 2.27. The minimum atomic E-state index is 0. The summed E-state index contributed by atoms with van der Waals surface area (Å²) in [6.07, 6.45) is 4.48. The number of guanidine groups is 1. The molecule has 5 nitrogen and oxygen atoms in total. The van der Waals surface area contributed by atoms with E-state index in [2.05, 4.69) is 28.8 Å². The van der Waals surface area contributed by atoms with E-state index in [1.165, 1.54) is 12.2 Å². The largest absolute Gasteiger partial charge is 0.504 e. The molecular formula is C17H30IN3O2S. The van der Waals surface area contributed by atoms with E-state index in [0.29, 0.717) is 18.9 Å². The molecule has 3 N–H and O–H groups in total. The van der Waals surface area contributed by atoms with E-state index in [1.54, 1.807) is 6.07 Å². The minimum Gasteiger partial charge on any atom is -0.504 e. The zero-order chi connectivity index (χ0) is 16.9. The van der Waals surface area contributed by atoms with Gasteiger partial charge in [0.1, 0.15) is 0 Å². The van der Waals surface area contributed by atoms with Crippen LogP contribution in [0.5, 0.6) is 11.5 Å². The first-order chi connectivity index (χ1) is 11.2. The van der Waals surface area contributed by atoms with Gasteiger partial charge in [-0.2, -0.15) is 11.8 Å². The fourth-order valence-corrected chi connectivity index (χ4v) is 2.51. The summed E-state index contributed by atoms with van der Waals surface area (Å²) in [5.74, 6) is 2.69. The third-order valence-corrected chi connectivity index (χ3v) is 3.85. The number of phenolic OH excluding ortho intramolecular Hbond substituents is 1. The SMILES string of the molecule is CCNC(=NCc1ccc(O)c(OCC)c1)NCCCCSC.I. The molecule has 0 fully saturated rings. The first-order valence-corrected chi connectivity index (χ1v) is 9.56. The molecule has 0 saturated heterocycles. The smallest absolute Gasteiger partial charge is 0.191 e. The monoisotopic (exact) mass is 467 g/mol. The van der Waals surface area contributed by atoms with Gasteiger partial charge < -0.3 is 20.5 Å². The lowest BCUT2D eigenvalue weighted by Gasteiger charge is -2.11. The molecule has 1 aromatic carbocycles. The van der Waals surface area contributed by atoms with E-state index in [0.717, 1.165) is 31.0 Å². The van der Waals surface area contributed by atoms with Crippen molar-refractivity contribution >= 4 is 41.7 Å². The number of nitrogens with one attached hydrogen (secondary N) is 2. The second-order valence-electron chi connectivity index (χ2n) is 5.06. The lowest BCUT2D eigenvalue weighted by atomic mass is 10.2. The van der Waals surface area contributed by atoms with E-state index in [-0.39, 0.29) is 29.7 Å². The summed E-state index contributed by atoms with van der Waals surface area (Å²) in [5, 5.41) is 16.3. The molecule has 24 heavy (non-hydrogen) atoms. The summed E-state index contributed by atoms with van der Waals surface area (Å²) in [6, 6.07) is 5.35. The fraction of sp³-hybridized carbons (Fsp3) is 0.588. The lowest BCUT2D eigenvalue weighted by molar-refractivity contribution is 0.318. The Balaban J connectivity index is 0.00000529. The Hall–Kier alpha value is -0.830. The summed E-state index contributed by atoms with van der Waals surface area (Å²) in [7, 11) is 0. The topological polar surface area (TPSA) is 65.9 Å². The molecule has 0 radical (unpaired) electrons. The maximum Gasteiger partial charge on any atom is 0.191 e. The van der Waals surface area contributed by atoms with Crippen molar-refractivity contribution < 1.29 is 9.84 Å². The molecule has 1 rings (SSSR count). The van der Waals surface area contributed by atoms with Gasteiger partial charge in [-0.1, -0.05) is 6.07 Å². The molecule has 0 saturated carbocycles. The number of nitrogens with zero attached hydrogens (tertiary/aromatic N) is 1. The van der Waals surface area contributed by atoms with Crippen LogP contribution in [-0.4, -0.2) is 42.8 Å². The fourth-order valence-electron chi connectivity index (χ4n) is 2.02. The zero-order valence-corrected chi connectivity index (χ0v) is 17.9. The molecule has 0 bridgehead atoms. The number of aliphatic imine (C=N–C) groups is 1. The predicted molar refractivity (Wildman–Crippen MR) is 115 cm³/mol. The molecule has 0 atom stereocenters. The molecule has 0 aliphatic rings. The van der Waals surface area contributed by atoms with Crippen molar-refractivity contribution in [3.8, 4) is 11.5 Å². The van der Waals surface area contributed by atoms with E-state index in [1.807, 2.05) is 30.8 Å². The molecule has 0 amide bonds. The van der Waals surface area contributed by atoms with Gasteiger partial charge in [-0.05, 0) is 56.4 Å². The van der Waals surface area contributed by atoms with Gasteiger partial charge in [-0.15, -0.1) is 24.0 Å². The summed E-state index contributed by atoms with van der Waals surface area (Å²) in [5.41, 5.74) is 1.01. The van der Waals surface area contributed by atoms with Gasteiger partial charge in [0.2, 0.25) is 0 Å². The third kappa shape index (κ3) is 9.46. The van der Waals surface area contributed by atoms with E-state index in [4.69, 9.17) is 4.74 Å². The summed E-state index contributed by atoms with van der Waals surface area (Å²) in [6.45, 7) is 6.77. The van der Waals surface area contributed by atoms with Crippen LogP contribution >= 0.6 is 35.7 Å². The number of hydrogen-bond donors (Lipinski definition) is 3. The molecule has 138 valence electrons. The van der Waals surface area contributed by atoms with Crippen molar-refractivity contribution in [3.05, 3.63) is 23.8 Å². The Morgan fingerprint density at radius 1 is 1.25 bits per heavy atom. The van der Waals surface area contributed by atoms with Crippen LogP contribution in [0, 0.1) is 0 Å². The van der Waals surface area contributed by atoms with Crippen LogP contribution in [0.1, 0.15) is 32.3 Å². The molecule has 0 spiro atoms. The second kappa shape index (κ2) is 14.5. The summed E-state index contributed by atoms with van der Waals surface area (Å²) in [4.78, 5) is 4.58. The van der Waals surface area contributed by atoms with Crippen LogP contribution in [0.15, 0.2) is 23.2 Å². The minimum absolute atomic E-state index is 0. The summed E-state index contributed by atoms with van der Waals surface area (Å²) < 4.78 is 5.40. The van der Waals surface area contributed by atoms with Gasteiger partial charge in [0.15, 0.2) is 17.5 Å². The number of hydrogen-bond acceptors (Lipinski definition) is 4. The van der Waals surface area contributed by atoms with Gasteiger partial charge >= 0.3 is 0 Å². The molecule has 0 unspecified atom stereocenters.